The summed E-state index contributed by atoms with van der Waals surface area (Å²) in [6, 6.07) is 1.73. The van der Waals surface area contributed by atoms with Crippen molar-refractivity contribution in [3.8, 4) is 6.07 Å². The lowest BCUT2D eigenvalue weighted by Gasteiger charge is -2.30. The molecule has 0 N–H and O–H groups in total. The Hall–Kier alpha value is -3.16. The molecule has 1 heterocycles. The second kappa shape index (κ2) is 8.17. The Balaban J connectivity index is 2.07. The zero-order valence-electron chi connectivity index (χ0n) is 16.1. The Morgan fingerprint density at radius 1 is 1.10 bits per heavy atom. The van der Waals surface area contributed by atoms with E-state index in [1.165, 1.54) is 19.3 Å². The van der Waals surface area contributed by atoms with Crippen LogP contribution in [0.3, 0.4) is 0 Å². The minimum Gasteiger partial charge on any atom is -0.330 e. The van der Waals surface area contributed by atoms with E-state index in [2.05, 4.69) is 9.97 Å². The number of rotatable bonds is 5. The van der Waals surface area contributed by atoms with Crippen LogP contribution < -0.4 is 0 Å². The van der Waals surface area contributed by atoms with Gasteiger partial charge in [-0.15, -0.1) is 0 Å². The number of benzene rings is 1. The van der Waals surface area contributed by atoms with Crippen molar-refractivity contribution in [2.45, 2.75) is 38.2 Å². The molecule has 1 aromatic heterocycles. The van der Waals surface area contributed by atoms with Crippen molar-refractivity contribution in [2.24, 2.45) is 5.92 Å². The minimum absolute atomic E-state index is 0.0259. The molecule has 0 saturated heterocycles. The number of aromatic nitrogens is 2. The number of hydrogen-bond acceptors (Lipinski definition) is 4. The van der Waals surface area contributed by atoms with Gasteiger partial charge in [0.25, 0.3) is 5.91 Å². The fourth-order valence-corrected chi connectivity index (χ4v) is 3.13. The summed E-state index contributed by atoms with van der Waals surface area (Å²) >= 11 is 0. The van der Waals surface area contributed by atoms with Gasteiger partial charge in [0.05, 0.1) is 22.9 Å². The number of nitriles is 1. The fourth-order valence-electron chi connectivity index (χ4n) is 3.13. The van der Waals surface area contributed by atoms with Crippen molar-refractivity contribution in [2.75, 3.05) is 6.54 Å². The van der Waals surface area contributed by atoms with Gasteiger partial charge in [0.2, 0.25) is 0 Å². The zero-order chi connectivity index (χ0) is 23.0. The smallest absolute Gasteiger partial charge is 0.330 e. The van der Waals surface area contributed by atoms with E-state index in [4.69, 9.17) is 0 Å². The van der Waals surface area contributed by atoms with Gasteiger partial charge in [0, 0.05) is 24.5 Å². The van der Waals surface area contributed by atoms with Crippen LogP contribution in [0.4, 0.5) is 26.3 Å². The summed E-state index contributed by atoms with van der Waals surface area (Å²) in [4.78, 5) is 22.2. The van der Waals surface area contributed by atoms with Crippen molar-refractivity contribution < 1.29 is 31.1 Å². The molecule has 2 aromatic rings. The third-order valence-electron chi connectivity index (χ3n) is 4.94. The molecule has 5 nitrogen and oxygen atoms in total. The maximum Gasteiger partial charge on any atom is 0.416 e. The van der Waals surface area contributed by atoms with E-state index in [1.54, 1.807) is 0 Å². The van der Waals surface area contributed by atoms with E-state index in [9.17, 15) is 36.4 Å². The second-order valence-corrected chi connectivity index (χ2v) is 7.27. The van der Waals surface area contributed by atoms with Gasteiger partial charge in [-0.1, -0.05) is 0 Å². The molecule has 31 heavy (non-hydrogen) atoms. The molecule has 1 aromatic carbocycles. The lowest BCUT2D eigenvalue weighted by molar-refractivity contribution is -0.143. The van der Waals surface area contributed by atoms with E-state index in [0.29, 0.717) is 12.1 Å². The first-order valence-electron chi connectivity index (χ1n) is 9.23. The van der Waals surface area contributed by atoms with Gasteiger partial charge in [0.1, 0.15) is 6.07 Å². The van der Waals surface area contributed by atoms with Crippen molar-refractivity contribution >= 4 is 5.91 Å². The van der Waals surface area contributed by atoms with E-state index in [0.717, 1.165) is 17.7 Å². The van der Waals surface area contributed by atoms with Crippen LogP contribution in [0.2, 0.25) is 0 Å². The summed E-state index contributed by atoms with van der Waals surface area (Å²) in [5.41, 5.74) is -3.84. The summed E-state index contributed by atoms with van der Waals surface area (Å²) < 4.78 is 79.2. The maximum atomic E-state index is 13.2. The lowest BCUT2D eigenvalue weighted by atomic mass is 10.0. The quantitative estimate of drug-likeness (QED) is 0.612. The number of amides is 1. The molecular weight excluding hydrogens is 426 g/mol. The monoisotopic (exact) mass is 442 g/mol. The Morgan fingerprint density at radius 3 is 2.13 bits per heavy atom. The van der Waals surface area contributed by atoms with Crippen molar-refractivity contribution in [1.29, 1.82) is 5.26 Å². The lowest BCUT2D eigenvalue weighted by Crippen LogP contribution is -2.36. The molecule has 1 atom stereocenters. The second-order valence-electron chi connectivity index (χ2n) is 7.27. The van der Waals surface area contributed by atoms with Gasteiger partial charge in [0.15, 0.2) is 5.69 Å². The van der Waals surface area contributed by atoms with Crippen LogP contribution >= 0.6 is 0 Å². The zero-order valence-corrected chi connectivity index (χ0v) is 16.1. The van der Waals surface area contributed by atoms with Gasteiger partial charge in [-0.3, -0.25) is 9.78 Å². The normalized spacial score (nSPS) is 15.3. The van der Waals surface area contributed by atoms with E-state index >= 15 is 0 Å². The van der Waals surface area contributed by atoms with Crippen LogP contribution in [0.15, 0.2) is 30.6 Å². The highest BCUT2D eigenvalue weighted by atomic mass is 19.4. The predicted molar refractivity (Wildman–Crippen MR) is 95.4 cm³/mol. The Morgan fingerprint density at radius 2 is 1.65 bits per heavy atom. The van der Waals surface area contributed by atoms with E-state index in [-0.39, 0.29) is 29.9 Å². The highest BCUT2D eigenvalue weighted by molar-refractivity contribution is 5.95. The largest absolute Gasteiger partial charge is 0.416 e. The van der Waals surface area contributed by atoms with Gasteiger partial charge >= 0.3 is 12.4 Å². The Bertz CT molecular complexity index is 991. The van der Waals surface area contributed by atoms with Crippen molar-refractivity contribution in [1.82, 2.24) is 14.9 Å². The number of carbonyl (C=O) groups excluding carboxylic acids is 1. The molecule has 1 saturated carbocycles. The van der Waals surface area contributed by atoms with Crippen LogP contribution in [0.5, 0.6) is 0 Å². The highest BCUT2D eigenvalue weighted by Gasteiger charge is 2.39. The van der Waals surface area contributed by atoms with Gasteiger partial charge in [-0.05, 0) is 43.9 Å². The van der Waals surface area contributed by atoms with Gasteiger partial charge in [-0.2, -0.15) is 31.6 Å². The first kappa shape index (κ1) is 22.5. The van der Waals surface area contributed by atoms with Crippen LogP contribution in [-0.2, 0) is 12.4 Å². The molecule has 0 aliphatic heterocycles. The van der Waals surface area contributed by atoms with Crippen LogP contribution in [-0.4, -0.2) is 27.3 Å². The molecule has 0 spiro atoms. The molecule has 0 radical (unpaired) electrons. The van der Waals surface area contributed by atoms with Gasteiger partial charge in [-0.25, -0.2) is 4.98 Å². The summed E-state index contributed by atoms with van der Waals surface area (Å²) in [7, 11) is 0. The third kappa shape index (κ3) is 5.13. The average Bonchev–Trinajstić information content (AvgIpc) is 3.53. The van der Waals surface area contributed by atoms with Crippen LogP contribution in [0.25, 0.3) is 0 Å². The summed E-state index contributed by atoms with van der Waals surface area (Å²) in [6.45, 7) is 1.61. The Labute approximate surface area is 173 Å². The molecule has 1 aliphatic carbocycles. The predicted octanol–water partition coefficient (Wildman–Crippen LogP) is 5.00. The molecule has 1 unspecified atom stereocenters. The fraction of sp³-hybridized carbons (Fsp3) is 0.400. The molecule has 1 aliphatic rings. The average molecular weight is 442 g/mol. The summed E-state index contributed by atoms with van der Waals surface area (Å²) in [5, 5.41) is 9.24. The van der Waals surface area contributed by atoms with E-state index < -0.39 is 41.0 Å². The van der Waals surface area contributed by atoms with Crippen molar-refractivity contribution in [3.63, 3.8) is 0 Å². The minimum atomic E-state index is -5.07. The van der Waals surface area contributed by atoms with Crippen LogP contribution in [0.1, 0.15) is 58.7 Å². The molecule has 3 rings (SSSR count). The Kier molecular flexibility index (Phi) is 5.93. The molecule has 11 heteroatoms. The number of carbonyl (C=O) groups is 1. The molecule has 164 valence electrons. The first-order valence-corrected chi connectivity index (χ1v) is 9.23. The maximum absolute atomic E-state index is 13.2. The van der Waals surface area contributed by atoms with Crippen LogP contribution in [0, 0.1) is 17.2 Å². The molecule has 1 amide bonds. The number of halogens is 6. The van der Waals surface area contributed by atoms with E-state index in [1.807, 2.05) is 6.07 Å². The topological polar surface area (TPSA) is 69.9 Å². The highest BCUT2D eigenvalue weighted by Crippen LogP contribution is 2.38. The van der Waals surface area contributed by atoms with Crippen molar-refractivity contribution in [3.05, 3.63) is 58.7 Å². The molecule has 1 fully saturated rings. The molecule has 0 bridgehead atoms. The first-order chi connectivity index (χ1) is 14.4. The molecular formula is C20H16F6N4O. The summed E-state index contributed by atoms with van der Waals surface area (Å²) in [5.74, 6) is -0.938. The third-order valence-corrected chi connectivity index (χ3v) is 4.94. The van der Waals surface area contributed by atoms with Gasteiger partial charge < -0.3 is 4.90 Å². The number of hydrogen-bond donors (Lipinski definition) is 0. The number of alkyl halides is 6. The summed E-state index contributed by atoms with van der Waals surface area (Å²) in [6.07, 6.45) is -6.02. The number of nitrogens with zero attached hydrogens (tertiary/aromatic N) is 4. The standard InChI is InChI=1S/C20H16F6N4O/c1-11(17-16(9-27)28-4-5-29-17)30(10-12-2-3-12)18(31)13-6-14(19(21,22)23)8-15(7-13)20(24,25)26/h4-8,11-12H,2-3,10H2,1H3. The SMILES string of the molecule is CC(c1nccnc1C#N)N(CC1CC1)C(=O)c1cc(C(F)(F)F)cc(C(F)(F)F)c1.